The first-order valence-electron chi connectivity index (χ1n) is 8.51. The van der Waals surface area contributed by atoms with E-state index in [9.17, 15) is 9.59 Å². The first-order chi connectivity index (χ1) is 13.0. The van der Waals surface area contributed by atoms with Crippen molar-refractivity contribution < 1.29 is 23.2 Å². The predicted molar refractivity (Wildman–Crippen MR) is 102 cm³/mol. The topological polar surface area (TPSA) is 73.9 Å². The smallest absolute Gasteiger partial charge is 0.251 e. The van der Waals surface area contributed by atoms with E-state index in [-0.39, 0.29) is 11.7 Å². The van der Waals surface area contributed by atoms with E-state index in [2.05, 4.69) is 5.32 Å². The SMILES string of the molecule is COc1cc2c(cc1OC)SOC(C(=O)N[C@@H](C)C(=O)c1ccccc1)C2. The van der Waals surface area contributed by atoms with Crippen LogP contribution in [0, 0.1) is 0 Å². The maximum absolute atomic E-state index is 12.6. The molecule has 0 aliphatic carbocycles. The monoisotopic (exact) mass is 387 g/mol. The molecule has 0 spiro atoms. The number of methoxy groups -OCH3 is 2. The zero-order chi connectivity index (χ0) is 19.4. The van der Waals surface area contributed by atoms with E-state index in [0.717, 1.165) is 22.5 Å². The van der Waals surface area contributed by atoms with Gasteiger partial charge >= 0.3 is 0 Å². The number of ether oxygens (including phenoxy) is 2. The fraction of sp³-hybridized carbons (Fsp3) is 0.300. The molecule has 0 saturated carbocycles. The van der Waals surface area contributed by atoms with Gasteiger partial charge < -0.3 is 14.8 Å². The second-order valence-corrected chi connectivity index (χ2v) is 6.95. The van der Waals surface area contributed by atoms with Gasteiger partial charge in [-0.05, 0) is 18.6 Å². The van der Waals surface area contributed by atoms with Crippen LogP contribution in [0.3, 0.4) is 0 Å². The number of amides is 1. The third kappa shape index (κ3) is 4.26. The minimum atomic E-state index is -0.688. The van der Waals surface area contributed by atoms with Crippen molar-refractivity contribution >= 4 is 23.7 Å². The lowest BCUT2D eigenvalue weighted by atomic mass is 10.0. The summed E-state index contributed by atoms with van der Waals surface area (Å²) in [5, 5.41) is 2.75. The maximum Gasteiger partial charge on any atom is 0.251 e. The van der Waals surface area contributed by atoms with Crippen molar-refractivity contribution in [3.63, 3.8) is 0 Å². The summed E-state index contributed by atoms with van der Waals surface area (Å²) in [5.74, 6) is 0.752. The summed E-state index contributed by atoms with van der Waals surface area (Å²) in [4.78, 5) is 25.9. The van der Waals surface area contributed by atoms with Crippen LogP contribution in [0.15, 0.2) is 47.4 Å². The molecule has 7 heteroatoms. The van der Waals surface area contributed by atoms with Crippen molar-refractivity contribution in [1.82, 2.24) is 5.32 Å². The third-order valence-corrected chi connectivity index (χ3v) is 5.22. The van der Waals surface area contributed by atoms with E-state index in [1.807, 2.05) is 18.2 Å². The van der Waals surface area contributed by atoms with Crippen molar-refractivity contribution in [2.75, 3.05) is 14.2 Å². The molecule has 1 N–H and O–H groups in total. The van der Waals surface area contributed by atoms with Gasteiger partial charge in [0.1, 0.15) is 0 Å². The molecule has 0 saturated heterocycles. The van der Waals surface area contributed by atoms with Crippen LogP contribution < -0.4 is 14.8 Å². The Bertz CT molecular complexity index is 840. The Morgan fingerprint density at radius 2 is 1.81 bits per heavy atom. The lowest BCUT2D eigenvalue weighted by molar-refractivity contribution is -0.128. The lowest BCUT2D eigenvalue weighted by Gasteiger charge is -2.25. The van der Waals surface area contributed by atoms with Gasteiger partial charge in [-0.1, -0.05) is 30.3 Å². The van der Waals surface area contributed by atoms with Gasteiger partial charge in [0.15, 0.2) is 23.4 Å². The minimum Gasteiger partial charge on any atom is -0.493 e. The molecule has 1 unspecified atom stereocenters. The van der Waals surface area contributed by atoms with E-state index >= 15 is 0 Å². The molecule has 2 aromatic rings. The van der Waals surface area contributed by atoms with E-state index in [1.165, 1.54) is 0 Å². The molecule has 6 nitrogen and oxygen atoms in total. The van der Waals surface area contributed by atoms with Gasteiger partial charge in [0.05, 0.1) is 20.3 Å². The van der Waals surface area contributed by atoms with Gasteiger partial charge in [-0.25, -0.2) is 0 Å². The van der Waals surface area contributed by atoms with Crippen LogP contribution in [0.1, 0.15) is 22.8 Å². The maximum atomic E-state index is 12.6. The largest absolute Gasteiger partial charge is 0.493 e. The normalized spacial score (nSPS) is 16.8. The second kappa shape index (κ2) is 8.45. The number of fused-ring (bicyclic) bond motifs is 1. The van der Waals surface area contributed by atoms with Crippen LogP contribution in [-0.2, 0) is 15.4 Å². The number of ketones is 1. The molecule has 1 aliphatic rings. The summed E-state index contributed by atoms with van der Waals surface area (Å²) in [5.41, 5.74) is 1.50. The Labute approximate surface area is 162 Å². The van der Waals surface area contributed by atoms with Crippen LogP contribution in [0.4, 0.5) is 0 Å². The molecule has 2 atom stereocenters. The van der Waals surface area contributed by atoms with Gasteiger partial charge in [-0.15, -0.1) is 0 Å². The van der Waals surface area contributed by atoms with E-state index in [0.29, 0.717) is 23.5 Å². The summed E-state index contributed by atoms with van der Waals surface area (Å²) in [7, 11) is 3.14. The standard InChI is InChI=1S/C20H21NO5S/c1-12(19(22)13-7-5-4-6-8-13)21-20(23)17-10-14-9-15(24-2)16(25-3)11-18(14)27-26-17/h4-9,11-12,17H,10H2,1-3H3,(H,21,23)/t12-,17?/m0/s1. The number of benzene rings is 2. The molecule has 142 valence electrons. The molecule has 0 bridgehead atoms. The number of hydrogen-bond acceptors (Lipinski definition) is 6. The van der Waals surface area contributed by atoms with Crippen LogP contribution in [0.5, 0.6) is 11.5 Å². The first-order valence-corrected chi connectivity index (χ1v) is 9.25. The summed E-state index contributed by atoms with van der Waals surface area (Å²) in [6.45, 7) is 1.67. The van der Waals surface area contributed by atoms with Gasteiger partial charge in [0.2, 0.25) is 0 Å². The minimum absolute atomic E-state index is 0.140. The lowest BCUT2D eigenvalue weighted by Crippen LogP contribution is -2.45. The Hall–Kier alpha value is -2.51. The second-order valence-electron chi connectivity index (χ2n) is 6.15. The number of hydrogen-bond donors (Lipinski definition) is 1. The summed E-state index contributed by atoms with van der Waals surface area (Å²) in [6, 6.07) is 11.9. The fourth-order valence-corrected chi connectivity index (χ4v) is 3.62. The Morgan fingerprint density at radius 3 is 2.48 bits per heavy atom. The zero-order valence-corrected chi connectivity index (χ0v) is 16.2. The van der Waals surface area contributed by atoms with Gasteiger partial charge in [-0.2, -0.15) is 0 Å². The highest BCUT2D eigenvalue weighted by atomic mass is 32.2. The quantitative estimate of drug-likeness (QED) is 0.607. The average molecular weight is 387 g/mol. The molecule has 2 aromatic carbocycles. The molecule has 1 heterocycles. The Balaban J connectivity index is 1.68. The molecule has 0 fully saturated rings. The molecular weight excluding hydrogens is 366 g/mol. The Morgan fingerprint density at radius 1 is 1.15 bits per heavy atom. The van der Waals surface area contributed by atoms with Gasteiger partial charge in [0.25, 0.3) is 5.91 Å². The zero-order valence-electron chi connectivity index (χ0n) is 15.4. The average Bonchev–Trinajstić information content (AvgIpc) is 2.72. The molecular formula is C20H21NO5S. The van der Waals surface area contributed by atoms with E-state index in [1.54, 1.807) is 45.4 Å². The summed E-state index contributed by atoms with van der Waals surface area (Å²) >= 11 is 1.12. The molecule has 0 radical (unpaired) electrons. The van der Waals surface area contributed by atoms with Gasteiger partial charge in [0, 0.05) is 35.0 Å². The number of Topliss-reactive ketones (excluding diaryl/α,β-unsaturated/α-hetero) is 1. The highest BCUT2D eigenvalue weighted by Crippen LogP contribution is 2.39. The van der Waals surface area contributed by atoms with Crippen LogP contribution in [0.2, 0.25) is 0 Å². The first kappa shape index (κ1) is 19.3. The highest BCUT2D eigenvalue weighted by molar-refractivity contribution is 7.94. The summed E-state index contributed by atoms with van der Waals surface area (Å²) in [6.07, 6.45) is -0.299. The van der Waals surface area contributed by atoms with E-state index in [4.69, 9.17) is 13.7 Å². The summed E-state index contributed by atoms with van der Waals surface area (Å²) < 4.78 is 16.2. The predicted octanol–water partition coefficient (Wildman–Crippen LogP) is 3.04. The Kier molecular flexibility index (Phi) is 6.03. The number of carbonyl (C=O) groups excluding carboxylic acids is 2. The van der Waals surface area contributed by atoms with Crippen molar-refractivity contribution in [2.24, 2.45) is 0 Å². The molecule has 1 aliphatic heterocycles. The van der Waals surface area contributed by atoms with Crippen LogP contribution >= 0.6 is 12.0 Å². The fourth-order valence-electron chi connectivity index (χ4n) is 2.84. The van der Waals surface area contributed by atoms with Crippen molar-refractivity contribution in [1.29, 1.82) is 0 Å². The highest BCUT2D eigenvalue weighted by Gasteiger charge is 2.30. The number of carbonyl (C=O) groups is 2. The van der Waals surface area contributed by atoms with Crippen LogP contribution in [-0.4, -0.2) is 38.1 Å². The number of nitrogens with one attached hydrogen (secondary N) is 1. The molecule has 27 heavy (non-hydrogen) atoms. The van der Waals surface area contributed by atoms with Crippen molar-refractivity contribution in [3.8, 4) is 11.5 Å². The molecule has 1 amide bonds. The van der Waals surface area contributed by atoms with Crippen molar-refractivity contribution in [2.45, 2.75) is 30.4 Å². The molecule has 3 rings (SSSR count). The van der Waals surface area contributed by atoms with Crippen molar-refractivity contribution in [3.05, 3.63) is 53.6 Å². The number of rotatable bonds is 6. The third-order valence-electron chi connectivity index (χ3n) is 4.33. The van der Waals surface area contributed by atoms with Crippen LogP contribution in [0.25, 0.3) is 0 Å². The molecule has 0 aromatic heterocycles. The van der Waals surface area contributed by atoms with E-state index < -0.39 is 12.1 Å². The van der Waals surface area contributed by atoms with Gasteiger partial charge in [-0.3, -0.25) is 13.8 Å².